The number of nitrogens with one attached hydrogen (secondary N) is 2. The van der Waals surface area contributed by atoms with E-state index in [1.807, 2.05) is 12.1 Å². The maximum absolute atomic E-state index is 11.8. The summed E-state index contributed by atoms with van der Waals surface area (Å²) in [5.41, 5.74) is 7.59. The zero-order chi connectivity index (χ0) is 15.1. The first-order valence-corrected chi connectivity index (χ1v) is 7.21. The standard InChI is InChI=1S/C17H16N2OS/c1-9-6-10(2)13-5-4-12(15(13)11(3)7-9)8-14-16(20)19-17(21)18-14/h4-8H,1-3H3,(H2,18,19,20,21)/b14-8-. The summed E-state index contributed by atoms with van der Waals surface area (Å²) in [5, 5.41) is 5.83. The first-order chi connectivity index (χ1) is 9.95. The number of carbonyl (C=O) groups excluding carboxylic acids is 1. The smallest absolute Gasteiger partial charge is 0.273 e. The molecular formula is C17H16N2OS. The van der Waals surface area contributed by atoms with Crippen molar-refractivity contribution in [2.24, 2.45) is 0 Å². The molecule has 0 radical (unpaired) electrons. The van der Waals surface area contributed by atoms with Crippen molar-refractivity contribution in [3.05, 3.63) is 52.2 Å². The van der Waals surface area contributed by atoms with E-state index < -0.39 is 0 Å². The quantitative estimate of drug-likeness (QED) is 0.628. The third kappa shape index (κ3) is 2.43. The first kappa shape index (κ1) is 13.8. The molecule has 1 fully saturated rings. The molecule has 1 heterocycles. The van der Waals surface area contributed by atoms with Crippen molar-refractivity contribution in [3.63, 3.8) is 0 Å². The summed E-state index contributed by atoms with van der Waals surface area (Å²) in [6.07, 6.45) is 1.86. The van der Waals surface area contributed by atoms with Crippen LogP contribution in [0.15, 0.2) is 30.0 Å². The normalized spacial score (nSPS) is 16.4. The first-order valence-electron chi connectivity index (χ1n) is 6.80. The summed E-state index contributed by atoms with van der Waals surface area (Å²) in [7, 11) is 0. The van der Waals surface area contributed by atoms with Gasteiger partial charge in [0.15, 0.2) is 5.11 Å². The number of aryl methyl sites for hydroxylation is 3. The number of fused-ring (bicyclic) bond motifs is 1. The fraction of sp³-hybridized carbons (Fsp3) is 0.176. The third-order valence-electron chi connectivity index (χ3n) is 3.71. The van der Waals surface area contributed by atoms with E-state index in [-0.39, 0.29) is 5.91 Å². The van der Waals surface area contributed by atoms with Crippen molar-refractivity contribution in [1.29, 1.82) is 0 Å². The highest BCUT2D eigenvalue weighted by Gasteiger charge is 2.21. The monoisotopic (exact) mass is 296 g/mol. The Morgan fingerprint density at radius 1 is 1.05 bits per heavy atom. The molecule has 2 N–H and O–H groups in total. The molecule has 1 aliphatic heterocycles. The molecule has 0 saturated carbocycles. The van der Waals surface area contributed by atoms with Gasteiger partial charge < -0.3 is 5.32 Å². The summed E-state index contributed by atoms with van der Waals surface area (Å²) in [5.74, 6) is -0.180. The number of rotatable bonds is 1. The summed E-state index contributed by atoms with van der Waals surface area (Å²) in [4.78, 5) is 11.8. The van der Waals surface area contributed by atoms with Gasteiger partial charge in [-0.25, -0.2) is 0 Å². The van der Waals surface area contributed by atoms with Crippen molar-refractivity contribution in [3.8, 4) is 11.1 Å². The van der Waals surface area contributed by atoms with E-state index in [0.717, 1.165) is 5.56 Å². The molecule has 0 aromatic heterocycles. The zero-order valence-corrected chi connectivity index (χ0v) is 13.0. The van der Waals surface area contributed by atoms with Gasteiger partial charge in [-0.05, 0) is 66.9 Å². The predicted octanol–water partition coefficient (Wildman–Crippen LogP) is 3.06. The zero-order valence-electron chi connectivity index (χ0n) is 12.2. The molecular weight excluding hydrogens is 280 g/mol. The molecule has 0 unspecified atom stereocenters. The van der Waals surface area contributed by atoms with Crippen LogP contribution in [0.2, 0.25) is 0 Å². The molecule has 3 aliphatic rings. The van der Waals surface area contributed by atoms with Crippen LogP contribution >= 0.6 is 12.2 Å². The van der Waals surface area contributed by atoms with Crippen molar-refractivity contribution in [1.82, 2.24) is 10.6 Å². The van der Waals surface area contributed by atoms with Gasteiger partial charge in [0.05, 0.1) is 0 Å². The van der Waals surface area contributed by atoms with Crippen molar-refractivity contribution < 1.29 is 4.79 Å². The molecule has 1 amide bonds. The van der Waals surface area contributed by atoms with Gasteiger partial charge in [0, 0.05) is 0 Å². The molecule has 2 aliphatic carbocycles. The molecule has 106 valence electrons. The summed E-state index contributed by atoms with van der Waals surface area (Å²) in [6, 6.07) is 8.50. The summed E-state index contributed by atoms with van der Waals surface area (Å²) < 4.78 is 0. The molecule has 0 bridgehead atoms. The fourth-order valence-corrected chi connectivity index (χ4v) is 3.10. The highest BCUT2D eigenvalue weighted by atomic mass is 32.1. The van der Waals surface area contributed by atoms with Crippen LogP contribution in [0.5, 0.6) is 0 Å². The average Bonchev–Trinajstić information content (AvgIpc) is 2.90. The second kappa shape index (κ2) is 4.97. The number of amides is 1. The van der Waals surface area contributed by atoms with E-state index in [1.54, 1.807) is 0 Å². The second-order valence-electron chi connectivity index (χ2n) is 5.44. The maximum atomic E-state index is 11.8. The molecule has 4 heteroatoms. The largest absolute Gasteiger partial charge is 0.328 e. The van der Waals surface area contributed by atoms with Gasteiger partial charge in [-0.1, -0.05) is 29.8 Å². The molecule has 0 aromatic rings. The average molecular weight is 296 g/mol. The summed E-state index contributed by atoms with van der Waals surface area (Å²) >= 11 is 4.96. The predicted molar refractivity (Wildman–Crippen MR) is 89.1 cm³/mol. The van der Waals surface area contributed by atoms with E-state index in [1.165, 1.54) is 27.8 Å². The van der Waals surface area contributed by atoms with Crippen LogP contribution in [-0.2, 0) is 4.79 Å². The summed E-state index contributed by atoms with van der Waals surface area (Å²) in [6.45, 7) is 6.31. The minimum Gasteiger partial charge on any atom is -0.328 e. The Hall–Kier alpha value is -2.20. The Labute approximate surface area is 129 Å². The van der Waals surface area contributed by atoms with Crippen molar-refractivity contribution >= 4 is 29.3 Å². The van der Waals surface area contributed by atoms with Gasteiger partial charge in [-0.15, -0.1) is 0 Å². The number of thiocarbonyl (C=S) groups is 1. The van der Waals surface area contributed by atoms with Gasteiger partial charge in [-0.2, -0.15) is 0 Å². The number of carbonyl (C=O) groups is 1. The van der Waals surface area contributed by atoms with Gasteiger partial charge >= 0.3 is 0 Å². The van der Waals surface area contributed by atoms with Gasteiger partial charge in [-0.3, -0.25) is 10.1 Å². The van der Waals surface area contributed by atoms with E-state index in [4.69, 9.17) is 12.2 Å². The van der Waals surface area contributed by atoms with Gasteiger partial charge in [0.2, 0.25) is 0 Å². The maximum Gasteiger partial charge on any atom is 0.273 e. The lowest BCUT2D eigenvalue weighted by molar-refractivity contribution is -0.115. The number of hydrogen-bond acceptors (Lipinski definition) is 2. The Bertz CT molecular complexity index is 777. The molecule has 3 rings (SSSR count). The minimum absolute atomic E-state index is 0.180. The topological polar surface area (TPSA) is 41.1 Å². The molecule has 21 heavy (non-hydrogen) atoms. The van der Waals surface area contributed by atoms with E-state index in [9.17, 15) is 4.79 Å². The van der Waals surface area contributed by atoms with Crippen LogP contribution in [0.4, 0.5) is 0 Å². The van der Waals surface area contributed by atoms with E-state index in [0.29, 0.717) is 10.8 Å². The van der Waals surface area contributed by atoms with E-state index >= 15 is 0 Å². The lowest BCUT2D eigenvalue weighted by Gasteiger charge is -2.04. The Morgan fingerprint density at radius 2 is 1.76 bits per heavy atom. The van der Waals surface area contributed by atoms with Crippen LogP contribution in [0.1, 0.15) is 22.3 Å². The van der Waals surface area contributed by atoms with Crippen LogP contribution in [0.3, 0.4) is 0 Å². The van der Waals surface area contributed by atoms with Crippen LogP contribution < -0.4 is 10.6 Å². The molecule has 1 saturated heterocycles. The SMILES string of the molecule is Cc1cc(C)c2ccc(/C=C3\NC(=S)NC3=O)c-2c(C)c1. The molecule has 3 nitrogen and oxygen atoms in total. The van der Waals surface area contributed by atoms with Gasteiger partial charge in [0.1, 0.15) is 5.70 Å². The fourth-order valence-electron chi connectivity index (χ4n) is 2.90. The second-order valence-corrected chi connectivity index (χ2v) is 5.85. The number of hydrogen-bond donors (Lipinski definition) is 2. The van der Waals surface area contributed by atoms with Crippen molar-refractivity contribution in [2.45, 2.75) is 20.8 Å². The Kier molecular flexibility index (Phi) is 3.26. The Morgan fingerprint density at radius 3 is 2.43 bits per heavy atom. The van der Waals surface area contributed by atoms with Crippen LogP contribution in [0, 0.1) is 20.8 Å². The van der Waals surface area contributed by atoms with Gasteiger partial charge in [0.25, 0.3) is 5.91 Å². The van der Waals surface area contributed by atoms with Crippen molar-refractivity contribution in [2.75, 3.05) is 0 Å². The lowest BCUT2D eigenvalue weighted by atomic mass is 10.0. The van der Waals surface area contributed by atoms with E-state index in [2.05, 4.69) is 49.6 Å². The highest BCUT2D eigenvalue weighted by Crippen LogP contribution is 2.35. The highest BCUT2D eigenvalue weighted by molar-refractivity contribution is 7.80. The molecule has 0 aromatic carbocycles. The minimum atomic E-state index is -0.180. The van der Waals surface area contributed by atoms with Crippen LogP contribution in [0.25, 0.3) is 17.2 Å². The lowest BCUT2D eigenvalue weighted by Crippen LogP contribution is -2.21. The molecule has 0 spiro atoms. The van der Waals surface area contributed by atoms with Crippen LogP contribution in [-0.4, -0.2) is 11.0 Å². The molecule has 0 atom stereocenters. The Balaban J connectivity index is 2.18. The third-order valence-corrected chi connectivity index (χ3v) is 3.92.